The molecule has 6 heteroatoms. The highest BCUT2D eigenvalue weighted by molar-refractivity contribution is 7.92. The molecular formula is C19H24N2O3S. The van der Waals surface area contributed by atoms with Crippen LogP contribution in [0.3, 0.4) is 0 Å². The van der Waals surface area contributed by atoms with Crippen LogP contribution in [0.1, 0.15) is 16.7 Å². The van der Waals surface area contributed by atoms with Crippen LogP contribution in [-0.4, -0.2) is 33.7 Å². The van der Waals surface area contributed by atoms with Crippen molar-refractivity contribution in [2.24, 2.45) is 0 Å². The molecule has 2 rings (SSSR count). The van der Waals surface area contributed by atoms with Gasteiger partial charge in [0.2, 0.25) is 15.9 Å². The summed E-state index contributed by atoms with van der Waals surface area (Å²) in [4.78, 5) is 12.3. The van der Waals surface area contributed by atoms with Crippen LogP contribution in [0.25, 0.3) is 0 Å². The highest BCUT2D eigenvalue weighted by atomic mass is 32.2. The fourth-order valence-corrected chi connectivity index (χ4v) is 3.71. The first kappa shape index (κ1) is 19.0. The van der Waals surface area contributed by atoms with E-state index in [2.05, 4.69) is 5.32 Å². The van der Waals surface area contributed by atoms with Gasteiger partial charge in [-0.15, -0.1) is 0 Å². The van der Waals surface area contributed by atoms with Crippen LogP contribution in [0.2, 0.25) is 0 Å². The summed E-state index contributed by atoms with van der Waals surface area (Å²) in [7, 11) is -3.56. The van der Waals surface area contributed by atoms with Gasteiger partial charge in [-0.2, -0.15) is 0 Å². The van der Waals surface area contributed by atoms with Crippen molar-refractivity contribution in [1.82, 2.24) is 5.32 Å². The van der Waals surface area contributed by atoms with Gasteiger partial charge in [-0.3, -0.25) is 9.10 Å². The van der Waals surface area contributed by atoms with E-state index in [0.717, 1.165) is 22.9 Å². The minimum absolute atomic E-state index is 0.223. The largest absolute Gasteiger partial charge is 0.354 e. The van der Waals surface area contributed by atoms with Gasteiger partial charge in [0, 0.05) is 6.54 Å². The predicted molar refractivity (Wildman–Crippen MR) is 101 cm³/mol. The molecule has 1 N–H and O–H groups in total. The van der Waals surface area contributed by atoms with Crippen LogP contribution in [0.5, 0.6) is 0 Å². The van der Waals surface area contributed by atoms with E-state index in [0.29, 0.717) is 18.7 Å². The number of rotatable bonds is 7. The van der Waals surface area contributed by atoms with Crippen molar-refractivity contribution >= 4 is 21.6 Å². The molecule has 0 saturated carbocycles. The van der Waals surface area contributed by atoms with Crippen LogP contribution in [0.4, 0.5) is 5.69 Å². The Morgan fingerprint density at radius 2 is 1.60 bits per heavy atom. The van der Waals surface area contributed by atoms with Crippen molar-refractivity contribution in [2.45, 2.75) is 20.3 Å². The molecule has 0 bridgehead atoms. The first-order valence-corrected chi connectivity index (χ1v) is 9.98. The zero-order valence-corrected chi connectivity index (χ0v) is 15.6. The van der Waals surface area contributed by atoms with Crippen LogP contribution in [0, 0.1) is 13.8 Å². The highest BCUT2D eigenvalue weighted by Gasteiger charge is 2.23. The van der Waals surface area contributed by atoms with E-state index in [1.165, 1.54) is 4.31 Å². The second-order valence-electron chi connectivity index (χ2n) is 6.10. The predicted octanol–water partition coefficient (Wildman–Crippen LogP) is 2.43. The number of amides is 1. The summed E-state index contributed by atoms with van der Waals surface area (Å²) in [5.74, 6) is -0.316. The molecule has 0 fully saturated rings. The van der Waals surface area contributed by atoms with Gasteiger partial charge in [0.1, 0.15) is 6.54 Å². The second kappa shape index (κ2) is 8.16. The van der Waals surface area contributed by atoms with Crippen molar-refractivity contribution in [2.75, 3.05) is 23.7 Å². The third-order valence-electron chi connectivity index (χ3n) is 3.96. The number of benzene rings is 2. The minimum atomic E-state index is -3.56. The lowest BCUT2D eigenvalue weighted by molar-refractivity contribution is -0.119. The third-order valence-corrected chi connectivity index (χ3v) is 5.07. The number of aryl methyl sites for hydroxylation is 2. The number of nitrogens with one attached hydrogen (secondary N) is 1. The van der Waals surface area contributed by atoms with Gasteiger partial charge in [0.05, 0.1) is 11.9 Å². The van der Waals surface area contributed by atoms with Gasteiger partial charge in [-0.1, -0.05) is 48.5 Å². The van der Waals surface area contributed by atoms with Gasteiger partial charge in [-0.05, 0) is 37.0 Å². The molecule has 1 amide bonds. The van der Waals surface area contributed by atoms with E-state index < -0.39 is 10.0 Å². The molecule has 2 aromatic carbocycles. The van der Waals surface area contributed by atoms with Crippen LogP contribution < -0.4 is 9.62 Å². The lowest BCUT2D eigenvalue weighted by Gasteiger charge is -2.25. The molecule has 0 aliphatic carbocycles. The molecule has 134 valence electrons. The summed E-state index contributed by atoms with van der Waals surface area (Å²) in [5.41, 5.74) is 3.34. The molecule has 0 aliphatic heterocycles. The van der Waals surface area contributed by atoms with Crippen molar-refractivity contribution < 1.29 is 13.2 Å². The average molecular weight is 360 g/mol. The lowest BCUT2D eigenvalue weighted by Crippen LogP contribution is -2.41. The maximum Gasteiger partial charge on any atom is 0.240 e. The van der Waals surface area contributed by atoms with Crippen LogP contribution in [-0.2, 0) is 21.2 Å². The number of carbonyl (C=O) groups is 1. The Balaban J connectivity index is 2.06. The molecule has 0 aliphatic rings. The SMILES string of the molecule is Cc1cccc(C)c1N(CC(=O)NCCc1ccccc1)S(C)(=O)=O. The normalized spacial score (nSPS) is 11.2. The highest BCUT2D eigenvalue weighted by Crippen LogP contribution is 2.26. The summed E-state index contributed by atoms with van der Waals surface area (Å²) < 4.78 is 25.6. The molecule has 2 aromatic rings. The van der Waals surface area contributed by atoms with Crippen molar-refractivity contribution in [3.8, 4) is 0 Å². The summed E-state index contributed by atoms with van der Waals surface area (Å²) in [5, 5.41) is 2.80. The first-order chi connectivity index (χ1) is 11.8. The van der Waals surface area contributed by atoms with E-state index in [9.17, 15) is 13.2 Å². The lowest BCUT2D eigenvalue weighted by atomic mass is 10.1. The summed E-state index contributed by atoms with van der Waals surface area (Å²) >= 11 is 0. The van der Waals surface area contributed by atoms with Gasteiger partial charge in [-0.25, -0.2) is 8.42 Å². The number of carbonyl (C=O) groups excluding carboxylic acids is 1. The molecular weight excluding hydrogens is 336 g/mol. The quantitative estimate of drug-likeness (QED) is 0.825. The summed E-state index contributed by atoms with van der Waals surface area (Å²) in [6, 6.07) is 15.4. The number of nitrogens with zero attached hydrogens (tertiary/aromatic N) is 1. The molecule has 0 saturated heterocycles. The zero-order chi connectivity index (χ0) is 18.4. The maximum atomic E-state index is 12.3. The van der Waals surface area contributed by atoms with E-state index in [4.69, 9.17) is 0 Å². The molecule has 0 atom stereocenters. The number of sulfonamides is 1. The van der Waals surface area contributed by atoms with Crippen LogP contribution >= 0.6 is 0 Å². The van der Waals surface area contributed by atoms with Gasteiger partial charge in [0.25, 0.3) is 0 Å². The number of anilines is 1. The van der Waals surface area contributed by atoms with E-state index in [-0.39, 0.29) is 12.5 Å². The Bertz CT molecular complexity index is 813. The molecule has 25 heavy (non-hydrogen) atoms. The van der Waals surface area contributed by atoms with E-state index in [1.54, 1.807) is 0 Å². The Labute approximate surface area is 149 Å². The first-order valence-electron chi connectivity index (χ1n) is 8.13. The number of para-hydroxylation sites is 1. The number of hydrogen-bond acceptors (Lipinski definition) is 3. The molecule has 0 unspecified atom stereocenters. The topological polar surface area (TPSA) is 66.5 Å². The van der Waals surface area contributed by atoms with E-state index in [1.807, 2.05) is 62.4 Å². The zero-order valence-electron chi connectivity index (χ0n) is 14.8. The molecule has 5 nitrogen and oxygen atoms in total. The standard InChI is InChI=1S/C19H24N2O3S/c1-15-8-7-9-16(2)19(15)21(25(3,23)24)14-18(22)20-13-12-17-10-5-4-6-11-17/h4-11H,12-14H2,1-3H3,(H,20,22). The van der Waals surface area contributed by atoms with Crippen molar-refractivity contribution in [3.63, 3.8) is 0 Å². The second-order valence-corrected chi connectivity index (χ2v) is 8.00. The van der Waals surface area contributed by atoms with E-state index >= 15 is 0 Å². The van der Waals surface area contributed by atoms with Gasteiger partial charge in [0.15, 0.2) is 0 Å². The smallest absolute Gasteiger partial charge is 0.240 e. The molecule has 0 spiro atoms. The van der Waals surface area contributed by atoms with Crippen molar-refractivity contribution in [1.29, 1.82) is 0 Å². The van der Waals surface area contributed by atoms with Crippen LogP contribution in [0.15, 0.2) is 48.5 Å². The Kier molecular flexibility index (Phi) is 6.20. The van der Waals surface area contributed by atoms with Gasteiger partial charge >= 0.3 is 0 Å². The molecule has 0 aromatic heterocycles. The Morgan fingerprint density at radius 3 is 2.16 bits per heavy atom. The third kappa shape index (κ3) is 5.32. The Hall–Kier alpha value is -2.34. The maximum absolute atomic E-state index is 12.3. The fraction of sp³-hybridized carbons (Fsp3) is 0.316. The average Bonchev–Trinajstić information content (AvgIpc) is 2.54. The molecule has 0 radical (unpaired) electrons. The van der Waals surface area contributed by atoms with Gasteiger partial charge < -0.3 is 5.32 Å². The minimum Gasteiger partial charge on any atom is -0.354 e. The monoisotopic (exact) mass is 360 g/mol. The fourth-order valence-electron chi connectivity index (χ4n) is 2.74. The Morgan fingerprint density at radius 1 is 1.00 bits per heavy atom. The summed E-state index contributed by atoms with van der Waals surface area (Å²) in [6.07, 6.45) is 1.82. The number of hydrogen-bond donors (Lipinski definition) is 1. The van der Waals surface area contributed by atoms with Crippen molar-refractivity contribution in [3.05, 3.63) is 65.2 Å². The molecule has 0 heterocycles. The summed E-state index contributed by atoms with van der Waals surface area (Å²) in [6.45, 7) is 3.92.